The largest absolute Gasteiger partial charge is 0.382 e. The maximum absolute atomic E-state index is 7.08. The fourth-order valence-electron chi connectivity index (χ4n) is 0.735. The third-order valence-corrected chi connectivity index (χ3v) is 1.30. The molecule has 0 unspecified atom stereocenters. The summed E-state index contributed by atoms with van der Waals surface area (Å²) in [5.41, 5.74) is 11.1. The first kappa shape index (κ1) is 19.5. The van der Waals surface area contributed by atoms with Crippen LogP contribution in [0.1, 0.15) is 11.4 Å². The minimum Gasteiger partial charge on any atom is -0.382 e. The van der Waals surface area contributed by atoms with Crippen LogP contribution in [-0.4, -0.2) is 16.7 Å². The standard InChI is InChI=1S/C7H9N5.3ClH/c8-6(9)4-2-1-3-5(12-4)7(10)11;;;/h1-3H,(H3,8,9)(H3,10,11);3*1H. The van der Waals surface area contributed by atoms with Gasteiger partial charge in [-0.3, -0.25) is 10.8 Å². The fourth-order valence-corrected chi connectivity index (χ4v) is 0.735. The average Bonchev–Trinajstić information content (AvgIpc) is 2.04. The van der Waals surface area contributed by atoms with E-state index in [1.54, 1.807) is 18.2 Å². The summed E-state index contributed by atoms with van der Waals surface area (Å²) in [6.07, 6.45) is 0. The number of nitrogen functional groups attached to an aromatic ring is 2. The summed E-state index contributed by atoms with van der Waals surface area (Å²) in [6.45, 7) is 0. The van der Waals surface area contributed by atoms with Crippen molar-refractivity contribution < 1.29 is 0 Å². The molecule has 5 nitrogen and oxygen atoms in total. The third kappa shape index (κ3) is 5.41. The molecular formula is C7H12Cl3N5. The number of pyridine rings is 1. The highest BCUT2D eigenvalue weighted by Gasteiger charge is 2.01. The topological polar surface area (TPSA) is 113 Å². The molecule has 1 heterocycles. The summed E-state index contributed by atoms with van der Waals surface area (Å²) < 4.78 is 0. The summed E-state index contributed by atoms with van der Waals surface area (Å²) in [5.74, 6) is -0.254. The summed E-state index contributed by atoms with van der Waals surface area (Å²) in [4.78, 5) is 3.87. The minimum atomic E-state index is -0.127. The molecule has 0 saturated carbocycles. The second kappa shape index (κ2) is 8.28. The van der Waals surface area contributed by atoms with Gasteiger partial charge in [-0.25, -0.2) is 4.98 Å². The van der Waals surface area contributed by atoms with Gasteiger partial charge in [0, 0.05) is 0 Å². The van der Waals surface area contributed by atoms with Crippen LogP contribution in [-0.2, 0) is 0 Å². The third-order valence-electron chi connectivity index (χ3n) is 1.30. The van der Waals surface area contributed by atoms with E-state index in [2.05, 4.69) is 4.98 Å². The Morgan fingerprint density at radius 3 is 1.53 bits per heavy atom. The van der Waals surface area contributed by atoms with Gasteiger partial charge in [-0.15, -0.1) is 37.2 Å². The first-order chi connectivity index (χ1) is 5.61. The van der Waals surface area contributed by atoms with E-state index in [-0.39, 0.29) is 48.9 Å². The van der Waals surface area contributed by atoms with Crippen molar-refractivity contribution in [2.45, 2.75) is 0 Å². The van der Waals surface area contributed by atoms with E-state index in [1.165, 1.54) is 0 Å². The Hall–Kier alpha value is -1.04. The number of aromatic nitrogens is 1. The second-order valence-corrected chi connectivity index (χ2v) is 2.24. The quantitative estimate of drug-likeness (QED) is 0.474. The molecule has 1 aromatic rings. The van der Waals surface area contributed by atoms with Gasteiger partial charge in [0.15, 0.2) is 0 Å². The molecule has 0 aliphatic rings. The lowest BCUT2D eigenvalue weighted by Gasteiger charge is -1.99. The Morgan fingerprint density at radius 2 is 1.27 bits per heavy atom. The number of nitrogens with two attached hydrogens (primary N) is 2. The van der Waals surface area contributed by atoms with Gasteiger partial charge in [-0.1, -0.05) is 6.07 Å². The van der Waals surface area contributed by atoms with E-state index in [9.17, 15) is 0 Å². The highest BCUT2D eigenvalue weighted by Crippen LogP contribution is 1.97. The lowest BCUT2D eigenvalue weighted by molar-refractivity contribution is 1.21. The zero-order valence-electron chi connectivity index (χ0n) is 7.56. The molecular weight excluding hydrogens is 260 g/mol. The van der Waals surface area contributed by atoms with Gasteiger partial charge in [-0.05, 0) is 12.1 Å². The lowest BCUT2D eigenvalue weighted by atomic mass is 10.3. The Morgan fingerprint density at radius 1 is 0.933 bits per heavy atom. The minimum absolute atomic E-state index is 0. The van der Waals surface area contributed by atoms with Crippen molar-refractivity contribution in [3.8, 4) is 0 Å². The molecule has 1 aromatic heterocycles. The van der Waals surface area contributed by atoms with Crippen LogP contribution >= 0.6 is 37.2 Å². The van der Waals surface area contributed by atoms with Gasteiger partial charge in [0.1, 0.15) is 23.1 Å². The SMILES string of the molecule is Cl.Cl.Cl.N=C(N)c1cccc(C(=N)N)n1. The number of nitrogens with one attached hydrogen (secondary N) is 2. The Labute approximate surface area is 106 Å². The van der Waals surface area contributed by atoms with Crippen LogP contribution in [0.3, 0.4) is 0 Å². The van der Waals surface area contributed by atoms with Gasteiger partial charge in [-0.2, -0.15) is 0 Å². The van der Waals surface area contributed by atoms with Crippen molar-refractivity contribution in [1.29, 1.82) is 10.8 Å². The highest BCUT2D eigenvalue weighted by molar-refractivity contribution is 5.96. The van der Waals surface area contributed by atoms with Crippen LogP contribution in [0.15, 0.2) is 18.2 Å². The first-order valence-corrected chi connectivity index (χ1v) is 3.27. The van der Waals surface area contributed by atoms with Crippen LogP contribution in [0.5, 0.6) is 0 Å². The molecule has 0 spiro atoms. The fraction of sp³-hybridized carbons (Fsp3) is 0. The number of hydrogen-bond acceptors (Lipinski definition) is 3. The number of hydrogen-bond donors (Lipinski definition) is 4. The van der Waals surface area contributed by atoms with E-state index >= 15 is 0 Å². The predicted octanol–water partition coefficient (Wildman–Crippen LogP) is 0.915. The molecule has 8 heteroatoms. The molecule has 0 fully saturated rings. The van der Waals surface area contributed by atoms with E-state index < -0.39 is 0 Å². The van der Waals surface area contributed by atoms with Gasteiger partial charge in [0.05, 0.1) is 0 Å². The summed E-state index contributed by atoms with van der Waals surface area (Å²) in [6, 6.07) is 4.84. The van der Waals surface area contributed by atoms with E-state index in [4.69, 9.17) is 22.3 Å². The predicted molar refractivity (Wildman–Crippen MR) is 68.0 cm³/mol. The van der Waals surface area contributed by atoms with Gasteiger partial charge >= 0.3 is 0 Å². The first-order valence-electron chi connectivity index (χ1n) is 3.27. The molecule has 0 aromatic carbocycles. The van der Waals surface area contributed by atoms with Gasteiger partial charge in [0.25, 0.3) is 0 Å². The molecule has 0 bridgehead atoms. The van der Waals surface area contributed by atoms with Gasteiger partial charge < -0.3 is 11.5 Å². The molecule has 15 heavy (non-hydrogen) atoms. The smallest absolute Gasteiger partial charge is 0.141 e. The molecule has 0 aliphatic heterocycles. The Bertz CT molecular complexity index is 312. The Kier molecular flexibility index (Phi) is 10.8. The highest BCUT2D eigenvalue weighted by atomic mass is 35.5. The van der Waals surface area contributed by atoms with Crippen LogP contribution < -0.4 is 11.5 Å². The molecule has 86 valence electrons. The van der Waals surface area contributed by atoms with E-state index in [0.29, 0.717) is 11.4 Å². The Balaban J connectivity index is -0.000000480. The molecule has 0 amide bonds. The monoisotopic (exact) mass is 271 g/mol. The molecule has 0 saturated heterocycles. The van der Waals surface area contributed by atoms with Crippen molar-refractivity contribution in [3.63, 3.8) is 0 Å². The summed E-state index contributed by atoms with van der Waals surface area (Å²) in [7, 11) is 0. The van der Waals surface area contributed by atoms with Crippen molar-refractivity contribution in [2.75, 3.05) is 0 Å². The zero-order valence-corrected chi connectivity index (χ0v) is 10.0. The van der Waals surface area contributed by atoms with Crippen molar-refractivity contribution >= 4 is 48.9 Å². The van der Waals surface area contributed by atoms with Crippen LogP contribution in [0.4, 0.5) is 0 Å². The summed E-state index contributed by atoms with van der Waals surface area (Å²) >= 11 is 0. The average molecular weight is 273 g/mol. The van der Waals surface area contributed by atoms with Gasteiger partial charge in [0.2, 0.25) is 0 Å². The normalized spacial score (nSPS) is 7.47. The van der Waals surface area contributed by atoms with E-state index in [0.717, 1.165) is 0 Å². The molecule has 1 rings (SSSR count). The number of nitrogens with zero attached hydrogens (tertiary/aromatic N) is 1. The van der Waals surface area contributed by atoms with Crippen LogP contribution in [0.2, 0.25) is 0 Å². The number of halogens is 3. The molecule has 0 aliphatic carbocycles. The molecule has 6 N–H and O–H groups in total. The molecule has 0 atom stereocenters. The number of amidine groups is 2. The lowest BCUT2D eigenvalue weighted by Crippen LogP contribution is -2.18. The maximum atomic E-state index is 7.08. The van der Waals surface area contributed by atoms with Crippen molar-refractivity contribution in [2.24, 2.45) is 11.5 Å². The zero-order chi connectivity index (χ0) is 9.14. The summed E-state index contributed by atoms with van der Waals surface area (Å²) in [5, 5.41) is 14.2. The van der Waals surface area contributed by atoms with Crippen LogP contribution in [0.25, 0.3) is 0 Å². The van der Waals surface area contributed by atoms with Crippen molar-refractivity contribution in [3.05, 3.63) is 29.6 Å². The van der Waals surface area contributed by atoms with Crippen molar-refractivity contribution in [1.82, 2.24) is 4.98 Å². The molecule has 0 radical (unpaired) electrons. The maximum Gasteiger partial charge on any atom is 0.141 e. The van der Waals surface area contributed by atoms with Crippen LogP contribution in [0, 0.1) is 10.8 Å². The second-order valence-electron chi connectivity index (χ2n) is 2.24. The number of rotatable bonds is 2. The van der Waals surface area contributed by atoms with E-state index in [1.807, 2.05) is 0 Å².